The minimum atomic E-state index is 0.290. The van der Waals surface area contributed by atoms with Crippen molar-refractivity contribution in [3.63, 3.8) is 0 Å². The van der Waals surface area contributed by atoms with Crippen LogP contribution in [0.3, 0.4) is 0 Å². The molecule has 1 spiro atoms. The van der Waals surface area contributed by atoms with Crippen LogP contribution in [0.25, 0.3) is 0 Å². The second kappa shape index (κ2) is 2.93. The Morgan fingerprint density at radius 1 is 1.31 bits per heavy atom. The van der Waals surface area contributed by atoms with Crippen LogP contribution < -0.4 is 0 Å². The molecule has 3 unspecified atom stereocenters. The summed E-state index contributed by atoms with van der Waals surface area (Å²) in [7, 11) is 0. The number of aliphatic hydroxyl groups is 1. The molecule has 0 heterocycles. The monoisotopic (exact) mass is 220 g/mol. The van der Waals surface area contributed by atoms with Gasteiger partial charge in [-0.05, 0) is 53.4 Å². The Hall–Kier alpha value is -0.300. The van der Waals surface area contributed by atoms with E-state index in [0.717, 1.165) is 0 Å². The van der Waals surface area contributed by atoms with Crippen molar-refractivity contribution in [1.29, 1.82) is 0 Å². The fourth-order valence-electron chi connectivity index (χ4n) is 5.27. The number of hydrogen-bond donors (Lipinski definition) is 1. The highest BCUT2D eigenvalue weighted by Gasteiger charge is 2.72. The molecular weight excluding hydrogens is 196 g/mol. The fourth-order valence-corrected chi connectivity index (χ4v) is 5.27. The first-order valence-electron chi connectivity index (χ1n) is 6.77. The summed E-state index contributed by atoms with van der Waals surface area (Å²) in [6.45, 7) is 7.71. The van der Waals surface area contributed by atoms with Gasteiger partial charge in [0.1, 0.15) is 0 Å². The van der Waals surface area contributed by atoms with E-state index < -0.39 is 0 Å². The maximum Gasteiger partial charge on any atom is 0.0644 e. The molecule has 0 saturated heterocycles. The lowest BCUT2D eigenvalue weighted by Gasteiger charge is -2.54. The molecule has 3 atom stereocenters. The summed E-state index contributed by atoms with van der Waals surface area (Å²) in [6.07, 6.45) is 9.03. The van der Waals surface area contributed by atoms with E-state index in [1.807, 2.05) is 0 Å². The first kappa shape index (κ1) is 10.8. The van der Waals surface area contributed by atoms with Gasteiger partial charge in [0.15, 0.2) is 0 Å². The lowest BCUT2D eigenvalue weighted by atomic mass is 9.50. The van der Waals surface area contributed by atoms with Crippen molar-refractivity contribution in [1.82, 2.24) is 0 Å². The molecule has 0 aromatic carbocycles. The molecule has 0 bridgehead atoms. The van der Waals surface area contributed by atoms with E-state index in [1.165, 1.54) is 37.7 Å². The summed E-state index contributed by atoms with van der Waals surface area (Å²) in [6, 6.07) is 0. The third kappa shape index (κ3) is 1.01. The molecule has 1 heteroatoms. The Labute approximate surface area is 98.9 Å². The van der Waals surface area contributed by atoms with Crippen LogP contribution >= 0.6 is 0 Å². The van der Waals surface area contributed by atoms with Crippen LogP contribution in [0.1, 0.15) is 52.9 Å². The highest BCUT2D eigenvalue weighted by molar-refractivity contribution is 5.34. The fraction of sp³-hybridized carbons (Fsp3) is 0.867. The van der Waals surface area contributed by atoms with Crippen molar-refractivity contribution in [3.8, 4) is 0 Å². The van der Waals surface area contributed by atoms with Gasteiger partial charge >= 0.3 is 0 Å². The molecule has 0 aliphatic heterocycles. The Morgan fingerprint density at radius 3 is 2.75 bits per heavy atom. The Bertz CT molecular complexity index is 354. The van der Waals surface area contributed by atoms with E-state index in [0.29, 0.717) is 28.8 Å². The van der Waals surface area contributed by atoms with E-state index in [9.17, 15) is 5.11 Å². The summed E-state index contributed by atoms with van der Waals surface area (Å²) in [5.74, 6) is 0.701. The lowest BCUT2D eigenvalue weighted by Crippen LogP contribution is -2.46. The second-order valence-corrected chi connectivity index (χ2v) is 7.17. The molecule has 0 amide bonds. The molecule has 90 valence electrons. The predicted molar refractivity (Wildman–Crippen MR) is 66.1 cm³/mol. The smallest absolute Gasteiger partial charge is 0.0644 e. The lowest BCUT2D eigenvalue weighted by molar-refractivity contribution is -0.0359. The molecular formula is C15H24O. The summed E-state index contributed by atoms with van der Waals surface area (Å²) in [4.78, 5) is 0. The standard InChI is InChI=1S/C15H24O/c1-13(2)6-4-7-14(3)8-5-11(10-16)12-9-15(12,13)14/h5,12,16H,4,6-10H2,1-3H3. The Kier molecular flexibility index (Phi) is 1.98. The first-order chi connectivity index (χ1) is 7.47. The summed E-state index contributed by atoms with van der Waals surface area (Å²) in [5, 5.41) is 9.46. The molecule has 3 rings (SSSR count). The Morgan fingerprint density at radius 2 is 2.06 bits per heavy atom. The van der Waals surface area contributed by atoms with Gasteiger partial charge in [0.05, 0.1) is 6.61 Å². The molecule has 0 aromatic rings. The SMILES string of the molecule is CC1(C)CCCC2(C)CC=C(CO)C3CC312. The molecule has 1 nitrogen and oxygen atoms in total. The zero-order valence-corrected chi connectivity index (χ0v) is 10.8. The summed E-state index contributed by atoms with van der Waals surface area (Å²) < 4.78 is 0. The minimum Gasteiger partial charge on any atom is -0.392 e. The third-order valence-corrected chi connectivity index (χ3v) is 6.22. The Balaban J connectivity index is 2.05. The molecule has 0 radical (unpaired) electrons. The van der Waals surface area contributed by atoms with Gasteiger partial charge < -0.3 is 5.11 Å². The van der Waals surface area contributed by atoms with Gasteiger partial charge in [-0.15, -0.1) is 0 Å². The van der Waals surface area contributed by atoms with E-state index in [2.05, 4.69) is 26.8 Å². The normalized spacial score (nSPS) is 49.0. The van der Waals surface area contributed by atoms with Crippen molar-refractivity contribution in [2.75, 3.05) is 6.61 Å². The molecule has 0 aromatic heterocycles. The average Bonchev–Trinajstić information content (AvgIpc) is 2.94. The number of hydrogen-bond acceptors (Lipinski definition) is 1. The highest BCUT2D eigenvalue weighted by Crippen LogP contribution is 2.80. The van der Waals surface area contributed by atoms with Crippen LogP contribution in [-0.4, -0.2) is 11.7 Å². The molecule has 2 saturated carbocycles. The van der Waals surface area contributed by atoms with Crippen LogP contribution in [0.5, 0.6) is 0 Å². The topological polar surface area (TPSA) is 20.2 Å². The number of rotatable bonds is 1. The van der Waals surface area contributed by atoms with Gasteiger partial charge in [-0.25, -0.2) is 0 Å². The zero-order chi connectivity index (χ0) is 11.6. The van der Waals surface area contributed by atoms with Gasteiger partial charge in [-0.2, -0.15) is 0 Å². The van der Waals surface area contributed by atoms with Crippen LogP contribution in [0.2, 0.25) is 0 Å². The second-order valence-electron chi connectivity index (χ2n) is 7.17. The maximum absolute atomic E-state index is 9.46. The largest absolute Gasteiger partial charge is 0.392 e. The summed E-state index contributed by atoms with van der Waals surface area (Å²) >= 11 is 0. The molecule has 16 heavy (non-hydrogen) atoms. The van der Waals surface area contributed by atoms with E-state index in [4.69, 9.17) is 0 Å². The van der Waals surface area contributed by atoms with Crippen molar-refractivity contribution < 1.29 is 5.11 Å². The van der Waals surface area contributed by atoms with Gasteiger partial charge in [0, 0.05) is 0 Å². The van der Waals surface area contributed by atoms with E-state index >= 15 is 0 Å². The van der Waals surface area contributed by atoms with Crippen LogP contribution in [-0.2, 0) is 0 Å². The number of aliphatic hydroxyl groups excluding tert-OH is 1. The van der Waals surface area contributed by atoms with E-state index in [1.54, 1.807) is 0 Å². The third-order valence-electron chi connectivity index (χ3n) is 6.22. The van der Waals surface area contributed by atoms with Gasteiger partial charge in [0.25, 0.3) is 0 Å². The van der Waals surface area contributed by atoms with E-state index in [-0.39, 0.29) is 0 Å². The maximum atomic E-state index is 9.46. The zero-order valence-electron chi connectivity index (χ0n) is 10.8. The molecule has 3 aliphatic carbocycles. The average molecular weight is 220 g/mol. The summed E-state index contributed by atoms with van der Waals surface area (Å²) in [5.41, 5.74) is 2.84. The van der Waals surface area contributed by atoms with Gasteiger partial charge in [0.2, 0.25) is 0 Å². The van der Waals surface area contributed by atoms with Crippen LogP contribution in [0.15, 0.2) is 11.6 Å². The van der Waals surface area contributed by atoms with Crippen molar-refractivity contribution in [2.24, 2.45) is 22.2 Å². The van der Waals surface area contributed by atoms with Crippen molar-refractivity contribution >= 4 is 0 Å². The molecule has 1 N–H and O–H groups in total. The molecule has 3 aliphatic rings. The quantitative estimate of drug-likeness (QED) is 0.670. The van der Waals surface area contributed by atoms with Gasteiger partial charge in [-0.3, -0.25) is 0 Å². The molecule has 2 fully saturated rings. The highest BCUT2D eigenvalue weighted by atomic mass is 16.3. The number of allylic oxidation sites excluding steroid dienone is 1. The van der Waals surface area contributed by atoms with Crippen LogP contribution in [0, 0.1) is 22.2 Å². The van der Waals surface area contributed by atoms with Crippen molar-refractivity contribution in [2.45, 2.75) is 52.9 Å². The first-order valence-corrected chi connectivity index (χ1v) is 6.77. The minimum absolute atomic E-state index is 0.290. The predicted octanol–water partition coefficient (Wildman–Crippen LogP) is 3.53. The van der Waals surface area contributed by atoms with Gasteiger partial charge in [-0.1, -0.05) is 33.3 Å². The van der Waals surface area contributed by atoms with Crippen molar-refractivity contribution in [3.05, 3.63) is 11.6 Å². The van der Waals surface area contributed by atoms with Crippen LogP contribution in [0.4, 0.5) is 0 Å².